The molecule has 1 aromatic heterocycles. The van der Waals surface area contributed by atoms with Gasteiger partial charge in [-0.2, -0.15) is 0 Å². The van der Waals surface area contributed by atoms with Gasteiger partial charge in [0, 0.05) is 25.2 Å². The molecule has 0 aliphatic carbocycles. The summed E-state index contributed by atoms with van der Waals surface area (Å²) in [6.07, 6.45) is 1.30. The lowest BCUT2D eigenvalue weighted by Crippen LogP contribution is -2.54. The topological polar surface area (TPSA) is 87.7 Å². The van der Waals surface area contributed by atoms with Crippen LogP contribution in [0.4, 0.5) is 0 Å². The molecule has 1 unspecified atom stereocenters. The zero-order chi connectivity index (χ0) is 23.1. The van der Waals surface area contributed by atoms with Crippen LogP contribution in [0, 0.1) is 11.8 Å². The molecule has 8 heteroatoms. The number of nitrogens with zero attached hydrogens (tertiary/aromatic N) is 1. The van der Waals surface area contributed by atoms with Crippen molar-refractivity contribution in [3.8, 4) is 5.75 Å². The molecular formula is C24H31N3O4S. The second-order valence-electron chi connectivity index (χ2n) is 8.43. The van der Waals surface area contributed by atoms with Gasteiger partial charge >= 0.3 is 0 Å². The molecule has 0 spiro atoms. The molecule has 3 rings (SSSR count). The van der Waals surface area contributed by atoms with Crippen LogP contribution in [0.25, 0.3) is 0 Å². The molecule has 3 amide bonds. The van der Waals surface area contributed by atoms with E-state index in [1.165, 1.54) is 11.3 Å². The average molecular weight is 458 g/mol. The maximum atomic E-state index is 13.0. The van der Waals surface area contributed by atoms with E-state index in [1.54, 1.807) is 31.4 Å². The third kappa shape index (κ3) is 6.09. The van der Waals surface area contributed by atoms with Crippen LogP contribution in [-0.2, 0) is 4.79 Å². The van der Waals surface area contributed by atoms with E-state index in [9.17, 15) is 14.4 Å². The largest absolute Gasteiger partial charge is 0.497 e. The molecule has 0 bridgehead atoms. The van der Waals surface area contributed by atoms with Gasteiger partial charge in [-0.25, -0.2) is 0 Å². The fourth-order valence-corrected chi connectivity index (χ4v) is 4.48. The predicted molar refractivity (Wildman–Crippen MR) is 125 cm³/mol. The maximum absolute atomic E-state index is 13.0. The minimum atomic E-state index is -0.661. The molecule has 2 heterocycles. The highest BCUT2D eigenvalue weighted by molar-refractivity contribution is 7.12. The Bertz CT molecular complexity index is 921. The second kappa shape index (κ2) is 11.1. The highest BCUT2D eigenvalue weighted by Crippen LogP contribution is 2.24. The number of rotatable bonds is 8. The van der Waals surface area contributed by atoms with Crippen LogP contribution in [0.5, 0.6) is 5.75 Å². The van der Waals surface area contributed by atoms with Crippen molar-refractivity contribution in [3.05, 3.63) is 52.2 Å². The van der Waals surface area contributed by atoms with Crippen molar-refractivity contribution < 1.29 is 19.1 Å². The number of thiophene rings is 1. The molecule has 1 saturated heterocycles. The lowest BCUT2D eigenvalue weighted by atomic mass is 9.88. The molecule has 1 fully saturated rings. The van der Waals surface area contributed by atoms with E-state index in [0.29, 0.717) is 49.7 Å². The minimum Gasteiger partial charge on any atom is -0.497 e. The fraction of sp³-hybridized carbons (Fsp3) is 0.458. The summed E-state index contributed by atoms with van der Waals surface area (Å²) in [6, 6.07) is 9.90. The van der Waals surface area contributed by atoms with Gasteiger partial charge in [0.2, 0.25) is 5.91 Å². The van der Waals surface area contributed by atoms with Crippen LogP contribution in [0.1, 0.15) is 46.7 Å². The molecule has 1 aromatic carbocycles. The van der Waals surface area contributed by atoms with Gasteiger partial charge in [0.1, 0.15) is 11.8 Å². The van der Waals surface area contributed by atoms with Crippen molar-refractivity contribution in [2.45, 2.75) is 32.7 Å². The number of carbonyl (C=O) groups is 3. The quantitative estimate of drug-likeness (QED) is 0.637. The summed E-state index contributed by atoms with van der Waals surface area (Å²) in [4.78, 5) is 41.1. The van der Waals surface area contributed by atoms with E-state index < -0.39 is 6.04 Å². The number of piperidine rings is 1. The number of methoxy groups -OCH3 is 1. The first-order chi connectivity index (χ1) is 15.4. The second-order valence-corrected chi connectivity index (χ2v) is 9.38. The first-order valence-electron chi connectivity index (χ1n) is 10.9. The molecule has 172 valence electrons. The number of hydrogen-bond acceptors (Lipinski definition) is 5. The Balaban J connectivity index is 1.69. The smallest absolute Gasteiger partial charge is 0.263 e. The van der Waals surface area contributed by atoms with Gasteiger partial charge in [-0.1, -0.05) is 26.0 Å². The number of carbonyl (C=O) groups excluding carboxylic acids is 3. The van der Waals surface area contributed by atoms with E-state index in [-0.39, 0.29) is 23.6 Å². The fourth-order valence-electron chi connectivity index (χ4n) is 3.79. The summed E-state index contributed by atoms with van der Waals surface area (Å²) < 4.78 is 5.21. The SMILES string of the molecule is COc1cccc(C(=O)NC(C(=O)NCC(C)C)C2CCN(C(=O)c3cccs3)CC2)c1. The van der Waals surface area contributed by atoms with E-state index in [2.05, 4.69) is 10.6 Å². The molecule has 0 saturated carbocycles. The molecule has 0 radical (unpaired) electrons. The average Bonchev–Trinajstić information content (AvgIpc) is 3.35. The van der Waals surface area contributed by atoms with Crippen LogP contribution in [0.15, 0.2) is 41.8 Å². The summed E-state index contributed by atoms with van der Waals surface area (Å²) in [5.74, 6) is 0.366. The number of benzene rings is 1. The Morgan fingerprint density at radius 2 is 1.91 bits per heavy atom. The van der Waals surface area contributed by atoms with Crippen molar-refractivity contribution in [1.29, 1.82) is 0 Å². The van der Waals surface area contributed by atoms with Crippen LogP contribution in [-0.4, -0.2) is 55.4 Å². The van der Waals surface area contributed by atoms with Crippen LogP contribution < -0.4 is 15.4 Å². The Labute approximate surface area is 193 Å². The molecule has 2 N–H and O–H groups in total. The number of ether oxygens (including phenoxy) is 1. The Kier molecular flexibility index (Phi) is 8.27. The number of likely N-dealkylation sites (tertiary alicyclic amines) is 1. The molecule has 1 atom stereocenters. The van der Waals surface area contributed by atoms with Gasteiger partial charge in [-0.15, -0.1) is 11.3 Å². The van der Waals surface area contributed by atoms with Gasteiger partial charge in [-0.3, -0.25) is 14.4 Å². The van der Waals surface area contributed by atoms with Crippen molar-refractivity contribution in [2.75, 3.05) is 26.7 Å². The number of amides is 3. The van der Waals surface area contributed by atoms with E-state index in [4.69, 9.17) is 4.74 Å². The summed E-state index contributed by atoms with van der Waals surface area (Å²) in [5.41, 5.74) is 0.441. The summed E-state index contributed by atoms with van der Waals surface area (Å²) in [6.45, 7) is 5.71. The third-order valence-corrected chi connectivity index (χ3v) is 6.47. The van der Waals surface area contributed by atoms with Crippen molar-refractivity contribution in [2.24, 2.45) is 11.8 Å². The van der Waals surface area contributed by atoms with Gasteiger partial charge in [0.05, 0.1) is 12.0 Å². The third-order valence-electron chi connectivity index (χ3n) is 5.62. The molecular weight excluding hydrogens is 426 g/mol. The highest BCUT2D eigenvalue weighted by atomic mass is 32.1. The first kappa shape index (κ1) is 23.8. The standard InChI is InChI=1S/C24H31N3O4S/c1-16(2)15-25-23(29)21(26-22(28)18-6-4-7-19(14-18)31-3)17-9-11-27(12-10-17)24(30)20-8-5-13-32-20/h4-8,13-14,16-17,21H,9-12,15H2,1-3H3,(H,25,29)(H,26,28). The number of nitrogens with one attached hydrogen (secondary N) is 2. The van der Waals surface area contributed by atoms with Crippen LogP contribution in [0.2, 0.25) is 0 Å². The molecule has 32 heavy (non-hydrogen) atoms. The van der Waals surface area contributed by atoms with Gasteiger partial charge < -0.3 is 20.3 Å². The Hall–Kier alpha value is -2.87. The van der Waals surface area contributed by atoms with Crippen molar-refractivity contribution in [1.82, 2.24) is 15.5 Å². The predicted octanol–water partition coefficient (Wildman–Crippen LogP) is 3.18. The highest BCUT2D eigenvalue weighted by Gasteiger charge is 2.34. The van der Waals surface area contributed by atoms with Crippen LogP contribution >= 0.6 is 11.3 Å². The lowest BCUT2D eigenvalue weighted by Gasteiger charge is -2.35. The normalized spacial score (nSPS) is 15.3. The van der Waals surface area contributed by atoms with Gasteiger partial charge in [0.25, 0.3) is 11.8 Å². The summed E-state index contributed by atoms with van der Waals surface area (Å²) >= 11 is 1.43. The van der Waals surface area contributed by atoms with Crippen molar-refractivity contribution in [3.63, 3.8) is 0 Å². The Morgan fingerprint density at radius 1 is 1.16 bits per heavy atom. The zero-order valence-electron chi connectivity index (χ0n) is 18.8. The van der Waals surface area contributed by atoms with E-state index in [0.717, 1.165) is 4.88 Å². The minimum absolute atomic E-state index is 0.0275. The van der Waals surface area contributed by atoms with Gasteiger partial charge in [0.15, 0.2) is 0 Å². The maximum Gasteiger partial charge on any atom is 0.263 e. The van der Waals surface area contributed by atoms with E-state index in [1.807, 2.05) is 36.3 Å². The van der Waals surface area contributed by atoms with E-state index >= 15 is 0 Å². The van der Waals surface area contributed by atoms with Gasteiger partial charge in [-0.05, 0) is 54.3 Å². The molecule has 7 nitrogen and oxygen atoms in total. The van der Waals surface area contributed by atoms with Crippen molar-refractivity contribution >= 4 is 29.1 Å². The molecule has 1 aliphatic rings. The first-order valence-corrected chi connectivity index (χ1v) is 11.8. The zero-order valence-corrected chi connectivity index (χ0v) is 19.6. The Morgan fingerprint density at radius 3 is 2.53 bits per heavy atom. The van der Waals surface area contributed by atoms with Crippen LogP contribution in [0.3, 0.4) is 0 Å². The summed E-state index contributed by atoms with van der Waals surface area (Å²) in [7, 11) is 1.55. The molecule has 1 aliphatic heterocycles. The number of hydrogen-bond donors (Lipinski definition) is 2. The summed E-state index contributed by atoms with van der Waals surface area (Å²) in [5, 5.41) is 7.79. The lowest BCUT2D eigenvalue weighted by molar-refractivity contribution is -0.124. The molecule has 2 aromatic rings. The monoisotopic (exact) mass is 457 g/mol.